The van der Waals surface area contributed by atoms with Gasteiger partial charge in [0.15, 0.2) is 0 Å². The van der Waals surface area contributed by atoms with E-state index in [4.69, 9.17) is 9.15 Å². The minimum absolute atomic E-state index is 0.0220. The van der Waals surface area contributed by atoms with Gasteiger partial charge in [0, 0.05) is 5.56 Å². The summed E-state index contributed by atoms with van der Waals surface area (Å²) in [5, 5.41) is 2.07. The molecule has 2 aromatic carbocycles. The Morgan fingerprint density at radius 1 is 1.09 bits per heavy atom. The Bertz CT molecular complexity index is 1340. The van der Waals surface area contributed by atoms with Crippen molar-refractivity contribution in [3.05, 3.63) is 82.9 Å². The maximum Gasteiger partial charge on any atom is 0.338 e. The molecule has 4 rings (SSSR count). The lowest BCUT2D eigenvalue weighted by Crippen LogP contribution is -2.54. The van der Waals surface area contributed by atoms with Gasteiger partial charge in [-0.15, -0.1) is 0 Å². The Morgan fingerprint density at radius 3 is 2.58 bits per heavy atom. The van der Waals surface area contributed by atoms with Crippen molar-refractivity contribution in [1.29, 1.82) is 0 Å². The lowest BCUT2D eigenvalue weighted by Gasteiger charge is -2.26. The molecule has 4 amide bonds. The van der Waals surface area contributed by atoms with E-state index in [1.54, 1.807) is 31.2 Å². The highest BCUT2D eigenvalue weighted by atomic mass is 19.1. The van der Waals surface area contributed by atoms with Crippen molar-refractivity contribution in [3.8, 4) is 11.3 Å². The second-order valence-electron chi connectivity index (χ2n) is 7.11. The molecule has 0 spiro atoms. The average Bonchev–Trinajstić information content (AvgIpc) is 3.24. The number of amides is 4. The van der Waals surface area contributed by atoms with Gasteiger partial charge >= 0.3 is 12.0 Å². The van der Waals surface area contributed by atoms with Crippen molar-refractivity contribution in [2.45, 2.75) is 6.92 Å². The summed E-state index contributed by atoms with van der Waals surface area (Å²) in [5.74, 6) is -2.40. The molecule has 0 saturated carbocycles. The van der Waals surface area contributed by atoms with Gasteiger partial charge in [-0.25, -0.2) is 18.9 Å². The maximum atomic E-state index is 13.6. The number of ether oxygens (including phenoxy) is 1. The first-order valence-electron chi connectivity index (χ1n) is 9.75. The summed E-state index contributed by atoms with van der Waals surface area (Å²) in [4.78, 5) is 50.1. The SMILES string of the molecule is COC(=O)c1cccc(-c2ccc(/C=C3\C(=O)NC(=O)N(c4cccc(F)c4)C3=O)o2)c1C. The zero-order valence-electron chi connectivity index (χ0n) is 17.5. The number of nitrogens with zero attached hydrogens (tertiary/aromatic N) is 1. The number of halogens is 1. The van der Waals surface area contributed by atoms with Gasteiger partial charge in [0.1, 0.15) is 22.9 Å². The number of hydrogen-bond acceptors (Lipinski definition) is 6. The number of barbiturate groups is 1. The van der Waals surface area contributed by atoms with Gasteiger partial charge in [-0.3, -0.25) is 14.9 Å². The molecule has 0 bridgehead atoms. The third kappa shape index (κ3) is 4.03. The van der Waals surface area contributed by atoms with E-state index in [0.29, 0.717) is 27.4 Å². The zero-order chi connectivity index (χ0) is 23.7. The minimum Gasteiger partial charge on any atom is -0.465 e. The van der Waals surface area contributed by atoms with E-state index in [2.05, 4.69) is 5.32 Å². The first-order valence-corrected chi connectivity index (χ1v) is 9.75. The lowest BCUT2D eigenvalue weighted by molar-refractivity contribution is -0.122. The number of furan rings is 1. The van der Waals surface area contributed by atoms with E-state index < -0.39 is 29.6 Å². The van der Waals surface area contributed by atoms with Crippen LogP contribution in [0.1, 0.15) is 21.7 Å². The van der Waals surface area contributed by atoms with Crippen molar-refractivity contribution in [2.24, 2.45) is 0 Å². The molecule has 1 saturated heterocycles. The first kappa shape index (κ1) is 21.7. The van der Waals surface area contributed by atoms with Crippen LogP contribution in [0.2, 0.25) is 0 Å². The molecule has 0 radical (unpaired) electrons. The van der Waals surface area contributed by atoms with Crippen LogP contribution in [-0.2, 0) is 14.3 Å². The van der Waals surface area contributed by atoms with Crippen LogP contribution >= 0.6 is 0 Å². The highest BCUT2D eigenvalue weighted by Gasteiger charge is 2.37. The molecular weight excluding hydrogens is 431 g/mol. The fourth-order valence-electron chi connectivity index (χ4n) is 3.46. The number of methoxy groups -OCH3 is 1. The number of rotatable bonds is 4. The number of carbonyl (C=O) groups excluding carboxylic acids is 4. The summed E-state index contributed by atoms with van der Waals surface area (Å²) < 4.78 is 24.2. The number of imide groups is 2. The molecule has 1 aromatic heterocycles. The summed E-state index contributed by atoms with van der Waals surface area (Å²) in [6, 6.07) is 12.1. The van der Waals surface area contributed by atoms with Gasteiger partial charge < -0.3 is 9.15 Å². The monoisotopic (exact) mass is 448 g/mol. The molecule has 166 valence electrons. The van der Waals surface area contributed by atoms with Crippen LogP contribution in [0.5, 0.6) is 0 Å². The van der Waals surface area contributed by atoms with Crippen LogP contribution in [0.25, 0.3) is 17.4 Å². The van der Waals surface area contributed by atoms with E-state index in [-0.39, 0.29) is 17.0 Å². The zero-order valence-corrected chi connectivity index (χ0v) is 17.5. The Kier molecular flexibility index (Phi) is 5.61. The van der Waals surface area contributed by atoms with E-state index in [1.165, 1.54) is 37.5 Å². The van der Waals surface area contributed by atoms with Crippen LogP contribution < -0.4 is 10.2 Å². The van der Waals surface area contributed by atoms with Gasteiger partial charge in [0.2, 0.25) is 0 Å². The minimum atomic E-state index is -0.983. The summed E-state index contributed by atoms with van der Waals surface area (Å²) in [5.41, 5.74) is 1.24. The number of benzene rings is 2. The van der Waals surface area contributed by atoms with Crippen molar-refractivity contribution < 1.29 is 32.7 Å². The highest BCUT2D eigenvalue weighted by Crippen LogP contribution is 2.29. The van der Waals surface area contributed by atoms with Crippen molar-refractivity contribution in [1.82, 2.24) is 5.32 Å². The largest absolute Gasteiger partial charge is 0.465 e. The summed E-state index contributed by atoms with van der Waals surface area (Å²) >= 11 is 0. The number of urea groups is 1. The molecular formula is C24H17FN2O6. The number of carbonyl (C=O) groups is 4. The van der Waals surface area contributed by atoms with Crippen LogP contribution in [-0.4, -0.2) is 30.9 Å². The van der Waals surface area contributed by atoms with Crippen molar-refractivity contribution >= 4 is 35.6 Å². The predicted octanol–water partition coefficient (Wildman–Crippen LogP) is 3.85. The van der Waals surface area contributed by atoms with Crippen LogP contribution in [0.4, 0.5) is 14.9 Å². The Morgan fingerprint density at radius 2 is 1.85 bits per heavy atom. The fraction of sp³-hybridized carbons (Fsp3) is 0.0833. The summed E-state index contributed by atoms with van der Waals surface area (Å²) in [6.45, 7) is 1.74. The molecule has 1 fully saturated rings. The number of hydrogen-bond donors (Lipinski definition) is 1. The quantitative estimate of drug-likeness (QED) is 0.369. The third-order valence-corrected chi connectivity index (χ3v) is 5.09. The summed E-state index contributed by atoms with van der Waals surface area (Å²) in [6.07, 6.45) is 1.19. The molecule has 9 heteroatoms. The Hall–Kier alpha value is -4.53. The van der Waals surface area contributed by atoms with Gasteiger partial charge in [-0.05, 0) is 55.0 Å². The Labute approximate surface area is 187 Å². The predicted molar refractivity (Wildman–Crippen MR) is 116 cm³/mol. The normalized spacial score (nSPS) is 15.1. The highest BCUT2D eigenvalue weighted by molar-refractivity contribution is 6.39. The van der Waals surface area contributed by atoms with E-state index in [0.717, 1.165) is 6.07 Å². The second-order valence-corrected chi connectivity index (χ2v) is 7.11. The topological polar surface area (TPSA) is 106 Å². The molecule has 0 unspecified atom stereocenters. The first-order chi connectivity index (χ1) is 15.8. The second kappa shape index (κ2) is 8.54. The molecule has 33 heavy (non-hydrogen) atoms. The molecule has 0 atom stereocenters. The smallest absolute Gasteiger partial charge is 0.338 e. The number of esters is 1. The molecule has 1 aliphatic rings. The van der Waals surface area contributed by atoms with Crippen LogP contribution in [0, 0.1) is 12.7 Å². The number of nitrogens with one attached hydrogen (secondary N) is 1. The van der Waals surface area contributed by atoms with E-state index in [9.17, 15) is 23.6 Å². The Balaban J connectivity index is 1.69. The summed E-state index contributed by atoms with van der Waals surface area (Å²) in [7, 11) is 1.29. The van der Waals surface area contributed by atoms with E-state index in [1.807, 2.05) is 0 Å². The van der Waals surface area contributed by atoms with Crippen molar-refractivity contribution in [2.75, 3.05) is 12.0 Å². The van der Waals surface area contributed by atoms with Crippen LogP contribution in [0.3, 0.4) is 0 Å². The van der Waals surface area contributed by atoms with Gasteiger partial charge in [0.25, 0.3) is 11.8 Å². The molecule has 0 aliphatic carbocycles. The third-order valence-electron chi connectivity index (χ3n) is 5.09. The molecule has 1 aliphatic heterocycles. The molecule has 3 aromatic rings. The molecule has 2 heterocycles. The maximum absolute atomic E-state index is 13.6. The fourth-order valence-corrected chi connectivity index (χ4v) is 3.46. The standard InChI is InChI=1S/C24H17FN2O6/c1-13-17(7-4-8-18(13)23(30)32-2)20-10-9-16(33-20)12-19-21(28)26-24(31)27(22(19)29)15-6-3-5-14(25)11-15/h3-12H,1-2H3,(H,26,28,31)/b19-12+. The van der Waals surface area contributed by atoms with Crippen LogP contribution in [0.15, 0.2) is 64.6 Å². The lowest BCUT2D eigenvalue weighted by atomic mass is 10.0. The molecule has 1 N–H and O–H groups in total. The van der Waals surface area contributed by atoms with E-state index >= 15 is 0 Å². The van der Waals surface area contributed by atoms with Gasteiger partial charge in [-0.2, -0.15) is 0 Å². The van der Waals surface area contributed by atoms with Crippen molar-refractivity contribution in [3.63, 3.8) is 0 Å². The molecule has 8 nitrogen and oxygen atoms in total. The van der Waals surface area contributed by atoms with Gasteiger partial charge in [-0.1, -0.05) is 18.2 Å². The number of anilines is 1. The van der Waals surface area contributed by atoms with Gasteiger partial charge in [0.05, 0.1) is 18.4 Å². The average molecular weight is 448 g/mol.